The first-order chi connectivity index (χ1) is 5.74. The minimum Gasteiger partial charge on any atom is -0.448 e. The summed E-state index contributed by atoms with van der Waals surface area (Å²) in [5, 5.41) is 0.388. The third-order valence-electron chi connectivity index (χ3n) is 1.64. The molecule has 1 aromatic heterocycles. The molecule has 0 bridgehead atoms. The zero-order chi connectivity index (χ0) is 8.97. The zero-order valence-corrected chi connectivity index (χ0v) is 7.55. The second kappa shape index (κ2) is 4.33. The molecule has 1 aromatic rings. The van der Waals surface area contributed by atoms with Crippen molar-refractivity contribution in [2.75, 3.05) is 0 Å². The smallest absolute Gasteiger partial charge is 0.193 e. The number of allylic oxidation sites excluding steroid dienone is 1. The third kappa shape index (κ3) is 2.40. The van der Waals surface area contributed by atoms with Gasteiger partial charge in [-0.25, -0.2) is 0 Å². The van der Waals surface area contributed by atoms with Crippen LogP contribution in [0.2, 0.25) is 5.22 Å². The van der Waals surface area contributed by atoms with Gasteiger partial charge in [0, 0.05) is 0 Å². The molecule has 1 unspecified atom stereocenters. The molecular formula is C9H12ClNO. The molecule has 3 heteroatoms. The molecule has 0 aliphatic rings. The van der Waals surface area contributed by atoms with E-state index in [1.165, 1.54) is 0 Å². The van der Waals surface area contributed by atoms with Crippen molar-refractivity contribution in [3.8, 4) is 0 Å². The minimum absolute atomic E-state index is 0.0736. The van der Waals surface area contributed by atoms with E-state index in [0.29, 0.717) is 5.22 Å². The molecule has 0 aromatic carbocycles. The quantitative estimate of drug-likeness (QED) is 0.733. The third-order valence-corrected chi connectivity index (χ3v) is 1.84. The number of halogens is 1. The molecule has 1 atom stereocenters. The van der Waals surface area contributed by atoms with Gasteiger partial charge in [-0.15, -0.1) is 6.58 Å². The van der Waals surface area contributed by atoms with Crippen LogP contribution in [-0.2, 0) is 0 Å². The van der Waals surface area contributed by atoms with Crippen LogP contribution in [0.15, 0.2) is 29.2 Å². The first-order valence-corrected chi connectivity index (χ1v) is 4.23. The molecule has 12 heavy (non-hydrogen) atoms. The number of rotatable bonds is 4. The molecule has 0 aliphatic heterocycles. The SMILES string of the molecule is C=CCCC(N)c1ccc(Cl)o1. The second-order valence-corrected chi connectivity index (χ2v) is 2.99. The van der Waals surface area contributed by atoms with Crippen LogP contribution in [-0.4, -0.2) is 0 Å². The summed E-state index contributed by atoms with van der Waals surface area (Å²) >= 11 is 5.60. The van der Waals surface area contributed by atoms with Crippen LogP contribution in [0.5, 0.6) is 0 Å². The molecule has 0 amide bonds. The predicted octanol–water partition coefficient (Wildman–Crippen LogP) is 2.90. The molecule has 0 aliphatic carbocycles. The van der Waals surface area contributed by atoms with Crippen molar-refractivity contribution in [2.24, 2.45) is 5.73 Å². The maximum absolute atomic E-state index is 5.79. The van der Waals surface area contributed by atoms with Gasteiger partial charge in [0.2, 0.25) is 0 Å². The van der Waals surface area contributed by atoms with Crippen LogP contribution in [0.25, 0.3) is 0 Å². The Morgan fingerprint density at radius 2 is 2.42 bits per heavy atom. The van der Waals surface area contributed by atoms with Crippen molar-refractivity contribution in [1.82, 2.24) is 0 Å². The Bertz CT molecular complexity index is 257. The summed E-state index contributed by atoms with van der Waals surface area (Å²) in [5.41, 5.74) is 5.79. The highest BCUT2D eigenvalue weighted by Gasteiger charge is 2.08. The molecule has 2 N–H and O–H groups in total. The van der Waals surface area contributed by atoms with Gasteiger partial charge in [0.25, 0.3) is 0 Å². The standard InChI is InChI=1S/C9H12ClNO/c1-2-3-4-7(11)8-5-6-9(10)12-8/h2,5-7H,1,3-4,11H2. The Morgan fingerprint density at radius 1 is 1.67 bits per heavy atom. The average molecular weight is 186 g/mol. The Hall–Kier alpha value is -0.730. The summed E-state index contributed by atoms with van der Waals surface area (Å²) in [7, 11) is 0. The molecule has 0 spiro atoms. The van der Waals surface area contributed by atoms with E-state index >= 15 is 0 Å². The molecule has 0 saturated carbocycles. The normalized spacial score (nSPS) is 12.8. The number of furan rings is 1. The number of hydrogen-bond acceptors (Lipinski definition) is 2. The fraction of sp³-hybridized carbons (Fsp3) is 0.333. The lowest BCUT2D eigenvalue weighted by molar-refractivity contribution is 0.455. The predicted molar refractivity (Wildman–Crippen MR) is 50.1 cm³/mol. The lowest BCUT2D eigenvalue weighted by Gasteiger charge is -2.05. The van der Waals surface area contributed by atoms with Crippen LogP contribution in [0.4, 0.5) is 0 Å². The van der Waals surface area contributed by atoms with E-state index in [2.05, 4.69) is 6.58 Å². The summed E-state index contributed by atoms with van der Waals surface area (Å²) < 4.78 is 5.15. The first kappa shape index (κ1) is 9.36. The van der Waals surface area contributed by atoms with E-state index in [-0.39, 0.29) is 6.04 Å². The molecule has 1 heterocycles. The molecule has 2 nitrogen and oxygen atoms in total. The van der Waals surface area contributed by atoms with Crippen LogP contribution in [0.1, 0.15) is 24.6 Å². The molecule has 1 rings (SSSR count). The molecular weight excluding hydrogens is 174 g/mol. The van der Waals surface area contributed by atoms with E-state index < -0.39 is 0 Å². The molecule has 0 radical (unpaired) electrons. The lowest BCUT2D eigenvalue weighted by atomic mass is 10.1. The molecule has 0 fully saturated rings. The topological polar surface area (TPSA) is 39.2 Å². The lowest BCUT2D eigenvalue weighted by Crippen LogP contribution is -2.08. The Kier molecular flexibility index (Phi) is 3.38. The highest BCUT2D eigenvalue weighted by atomic mass is 35.5. The van der Waals surface area contributed by atoms with Gasteiger partial charge in [-0.05, 0) is 36.6 Å². The van der Waals surface area contributed by atoms with Crippen molar-refractivity contribution < 1.29 is 4.42 Å². The Labute approximate surface area is 77.0 Å². The monoisotopic (exact) mass is 185 g/mol. The molecule has 66 valence electrons. The summed E-state index contributed by atoms with van der Waals surface area (Å²) in [6.07, 6.45) is 3.57. The van der Waals surface area contributed by atoms with Crippen molar-refractivity contribution >= 4 is 11.6 Å². The van der Waals surface area contributed by atoms with E-state index in [9.17, 15) is 0 Å². The summed E-state index contributed by atoms with van der Waals surface area (Å²) in [6, 6.07) is 3.43. The van der Waals surface area contributed by atoms with Crippen molar-refractivity contribution in [3.05, 3.63) is 35.8 Å². The van der Waals surface area contributed by atoms with E-state index in [0.717, 1.165) is 18.6 Å². The highest BCUT2D eigenvalue weighted by molar-refractivity contribution is 6.28. The van der Waals surface area contributed by atoms with Crippen LogP contribution in [0.3, 0.4) is 0 Å². The van der Waals surface area contributed by atoms with Gasteiger partial charge < -0.3 is 10.2 Å². The zero-order valence-electron chi connectivity index (χ0n) is 6.79. The Morgan fingerprint density at radius 3 is 2.92 bits per heavy atom. The molecule has 0 saturated heterocycles. The van der Waals surface area contributed by atoms with E-state index in [1.54, 1.807) is 12.1 Å². The first-order valence-electron chi connectivity index (χ1n) is 3.85. The van der Waals surface area contributed by atoms with Crippen LogP contribution >= 0.6 is 11.6 Å². The van der Waals surface area contributed by atoms with E-state index in [4.69, 9.17) is 21.8 Å². The van der Waals surface area contributed by atoms with Crippen molar-refractivity contribution in [2.45, 2.75) is 18.9 Å². The maximum Gasteiger partial charge on any atom is 0.193 e. The van der Waals surface area contributed by atoms with Gasteiger partial charge >= 0.3 is 0 Å². The maximum atomic E-state index is 5.79. The fourth-order valence-corrected chi connectivity index (χ4v) is 1.12. The van der Waals surface area contributed by atoms with Gasteiger partial charge in [0.05, 0.1) is 6.04 Å². The summed E-state index contributed by atoms with van der Waals surface area (Å²) in [4.78, 5) is 0. The van der Waals surface area contributed by atoms with E-state index in [1.807, 2.05) is 6.08 Å². The van der Waals surface area contributed by atoms with Crippen molar-refractivity contribution in [1.29, 1.82) is 0 Å². The largest absolute Gasteiger partial charge is 0.448 e. The van der Waals surface area contributed by atoms with Gasteiger partial charge in [0.1, 0.15) is 5.76 Å². The highest BCUT2D eigenvalue weighted by Crippen LogP contribution is 2.21. The van der Waals surface area contributed by atoms with Crippen LogP contribution < -0.4 is 5.73 Å². The van der Waals surface area contributed by atoms with Crippen molar-refractivity contribution in [3.63, 3.8) is 0 Å². The summed E-state index contributed by atoms with van der Waals surface area (Å²) in [6.45, 7) is 3.62. The van der Waals surface area contributed by atoms with Gasteiger partial charge in [-0.2, -0.15) is 0 Å². The number of hydrogen-bond donors (Lipinski definition) is 1. The van der Waals surface area contributed by atoms with Gasteiger partial charge in [0.15, 0.2) is 5.22 Å². The van der Waals surface area contributed by atoms with Gasteiger partial charge in [-0.1, -0.05) is 6.08 Å². The summed E-state index contributed by atoms with van der Waals surface area (Å²) in [5.74, 6) is 0.738. The van der Waals surface area contributed by atoms with Gasteiger partial charge in [-0.3, -0.25) is 0 Å². The second-order valence-electron chi connectivity index (χ2n) is 2.61. The fourth-order valence-electron chi connectivity index (χ4n) is 0.967. The van der Waals surface area contributed by atoms with Crippen LogP contribution in [0, 0.1) is 0 Å². The Balaban J connectivity index is 2.52. The average Bonchev–Trinajstić information content (AvgIpc) is 2.47. The number of nitrogens with two attached hydrogens (primary N) is 1. The minimum atomic E-state index is -0.0736.